The molecule has 1 aliphatic rings. The van der Waals surface area contributed by atoms with Crippen LogP contribution >= 0.6 is 0 Å². The van der Waals surface area contributed by atoms with Gasteiger partial charge >= 0.3 is 6.36 Å². The van der Waals surface area contributed by atoms with Crippen LogP contribution in [0.1, 0.15) is 5.56 Å². The van der Waals surface area contributed by atoms with Crippen LogP contribution in [0.4, 0.5) is 18.9 Å². The number of hydrogen-bond donors (Lipinski definition) is 2. The van der Waals surface area contributed by atoms with Gasteiger partial charge in [-0.2, -0.15) is 0 Å². The molecule has 9 heteroatoms. The van der Waals surface area contributed by atoms with E-state index in [0.717, 1.165) is 18.8 Å². The Morgan fingerprint density at radius 2 is 1.69 bits per heavy atom. The largest absolute Gasteiger partial charge is 0.573 e. The molecular weight excluding hydrogens is 387 g/mol. The van der Waals surface area contributed by atoms with Crippen LogP contribution in [0, 0.1) is 0 Å². The molecule has 0 bridgehead atoms. The van der Waals surface area contributed by atoms with Crippen molar-refractivity contribution < 1.29 is 27.8 Å². The van der Waals surface area contributed by atoms with Gasteiger partial charge in [0.2, 0.25) is 5.91 Å². The van der Waals surface area contributed by atoms with Crippen LogP contribution in [0.2, 0.25) is 0 Å². The summed E-state index contributed by atoms with van der Waals surface area (Å²) in [5, 5.41) is 12.0. The highest BCUT2D eigenvalue weighted by molar-refractivity contribution is 5.78. The summed E-state index contributed by atoms with van der Waals surface area (Å²) < 4.78 is 41.4. The molecule has 0 aliphatic carbocycles. The lowest BCUT2D eigenvalue weighted by atomic mass is 10.2. The standard InChI is InChI=1S/C20H22F3N3O3/c21-20(22,23)29-18-4-2-1-3-15(18)13-24-19(28)14-25-9-11-26(12-10-25)16-5-7-17(27)8-6-16/h1-8,27H,9-14H2,(H,24,28). The quantitative estimate of drug-likeness (QED) is 0.768. The van der Waals surface area contributed by atoms with Gasteiger partial charge in [-0.15, -0.1) is 13.2 Å². The van der Waals surface area contributed by atoms with Crippen molar-refractivity contribution in [2.75, 3.05) is 37.6 Å². The molecule has 2 aromatic rings. The second-order valence-electron chi connectivity index (χ2n) is 6.71. The fraction of sp³-hybridized carbons (Fsp3) is 0.350. The Bertz CT molecular complexity index is 820. The van der Waals surface area contributed by atoms with Crippen molar-refractivity contribution in [3.8, 4) is 11.5 Å². The maximum absolute atomic E-state index is 12.5. The van der Waals surface area contributed by atoms with Crippen molar-refractivity contribution in [2.24, 2.45) is 0 Å². The number of phenolic OH excluding ortho intramolecular Hbond substituents is 1. The molecule has 1 saturated heterocycles. The molecule has 0 saturated carbocycles. The summed E-state index contributed by atoms with van der Waals surface area (Å²) >= 11 is 0. The Kier molecular flexibility index (Phi) is 6.48. The number of nitrogens with zero attached hydrogens (tertiary/aromatic N) is 2. The zero-order valence-electron chi connectivity index (χ0n) is 15.7. The molecule has 3 rings (SSSR count). The Morgan fingerprint density at radius 1 is 1.03 bits per heavy atom. The van der Waals surface area contributed by atoms with E-state index in [-0.39, 0.29) is 36.1 Å². The summed E-state index contributed by atoms with van der Waals surface area (Å²) in [6.07, 6.45) is -4.78. The number of para-hydroxylation sites is 1. The summed E-state index contributed by atoms with van der Waals surface area (Å²) in [6.45, 7) is 2.97. The van der Waals surface area contributed by atoms with Gasteiger partial charge in [0.1, 0.15) is 11.5 Å². The molecule has 0 unspecified atom stereocenters. The summed E-state index contributed by atoms with van der Waals surface area (Å²) in [6, 6.07) is 12.7. The molecule has 6 nitrogen and oxygen atoms in total. The highest BCUT2D eigenvalue weighted by Gasteiger charge is 2.32. The van der Waals surface area contributed by atoms with Crippen LogP contribution in [0.15, 0.2) is 48.5 Å². The van der Waals surface area contributed by atoms with E-state index in [9.17, 15) is 23.1 Å². The maximum Gasteiger partial charge on any atom is 0.573 e. The minimum absolute atomic E-state index is 0.0431. The van der Waals surface area contributed by atoms with Crippen molar-refractivity contribution >= 4 is 11.6 Å². The van der Waals surface area contributed by atoms with E-state index in [1.165, 1.54) is 18.2 Å². The number of anilines is 1. The second kappa shape index (κ2) is 9.04. The van der Waals surface area contributed by atoms with Crippen molar-refractivity contribution in [3.05, 3.63) is 54.1 Å². The lowest BCUT2D eigenvalue weighted by Crippen LogP contribution is -2.49. The monoisotopic (exact) mass is 409 g/mol. The van der Waals surface area contributed by atoms with Gasteiger partial charge in [-0.05, 0) is 30.3 Å². The first-order valence-electron chi connectivity index (χ1n) is 9.17. The Labute approximate surface area is 166 Å². The number of aromatic hydroxyl groups is 1. The average Bonchev–Trinajstić information content (AvgIpc) is 2.67. The number of nitrogens with one attached hydrogen (secondary N) is 1. The van der Waals surface area contributed by atoms with E-state index >= 15 is 0 Å². The van der Waals surface area contributed by atoms with Crippen LogP contribution in [-0.4, -0.2) is 55.0 Å². The van der Waals surface area contributed by atoms with E-state index in [0.29, 0.717) is 13.1 Å². The van der Waals surface area contributed by atoms with E-state index in [4.69, 9.17) is 0 Å². The Morgan fingerprint density at radius 3 is 2.34 bits per heavy atom. The zero-order chi connectivity index (χ0) is 20.9. The number of hydrogen-bond acceptors (Lipinski definition) is 5. The molecule has 0 radical (unpaired) electrons. The van der Waals surface area contributed by atoms with Gasteiger partial charge in [0.25, 0.3) is 0 Å². The predicted octanol–water partition coefficient (Wildman–Crippen LogP) is 2.73. The van der Waals surface area contributed by atoms with Gasteiger partial charge in [0, 0.05) is 44.0 Å². The number of alkyl halides is 3. The molecule has 0 atom stereocenters. The van der Waals surface area contributed by atoms with E-state index < -0.39 is 6.36 Å². The van der Waals surface area contributed by atoms with E-state index in [1.54, 1.807) is 18.2 Å². The smallest absolute Gasteiger partial charge is 0.508 e. The van der Waals surface area contributed by atoms with Crippen LogP contribution in [0.25, 0.3) is 0 Å². The molecule has 156 valence electrons. The summed E-state index contributed by atoms with van der Waals surface area (Å²) in [4.78, 5) is 16.4. The normalized spacial score (nSPS) is 15.2. The molecule has 2 N–H and O–H groups in total. The lowest BCUT2D eigenvalue weighted by Gasteiger charge is -2.35. The maximum atomic E-state index is 12.5. The molecule has 0 aromatic heterocycles. The number of halogens is 3. The van der Waals surface area contributed by atoms with Gasteiger partial charge in [0.05, 0.1) is 6.54 Å². The first kappa shape index (κ1) is 20.8. The summed E-state index contributed by atoms with van der Waals surface area (Å²) in [5.74, 6) is -0.362. The zero-order valence-corrected chi connectivity index (χ0v) is 15.7. The number of carbonyl (C=O) groups is 1. The molecule has 1 aliphatic heterocycles. The topological polar surface area (TPSA) is 65.0 Å². The molecule has 0 spiro atoms. The molecule has 2 aromatic carbocycles. The molecule has 1 fully saturated rings. The molecular formula is C20H22F3N3O3. The number of benzene rings is 2. The van der Waals surface area contributed by atoms with Crippen LogP contribution in [-0.2, 0) is 11.3 Å². The first-order chi connectivity index (χ1) is 13.8. The number of amides is 1. The highest BCUT2D eigenvalue weighted by Crippen LogP contribution is 2.26. The van der Waals surface area contributed by atoms with Crippen molar-refractivity contribution in [2.45, 2.75) is 12.9 Å². The number of phenols is 1. The SMILES string of the molecule is O=C(CN1CCN(c2ccc(O)cc2)CC1)NCc1ccccc1OC(F)(F)F. The van der Waals surface area contributed by atoms with Crippen LogP contribution in [0.5, 0.6) is 11.5 Å². The third kappa shape index (κ3) is 6.28. The van der Waals surface area contributed by atoms with Crippen LogP contribution in [0.3, 0.4) is 0 Å². The van der Waals surface area contributed by atoms with Gasteiger partial charge in [-0.25, -0.2) is 0 Å². The van der Waals surface area contributed by atoms with Crippen molar-refractivity contribution in [1.82, 2.24) is 10.2 Å². The number of rotatable bonds is 6. The number of piperazine rings is 1. The molecule has 29 heavy (non-hydrogen) atoms. The van der Waals surface area contributed by atoms with Gasteiger partial charge in [-0.1, -0.05) is 18.2 Å². The minimum atomic E-state index is -4.78. The molecule has 1 amide bonds. The number of carbonyl (C=O) groups excluding carboxylic acids is 1. The van der Waals surface area contributed by atoms with Gasteiger partial charge in [0.15, 0.2) is 0 Å². The fourth-order valence-corrected chi connectivity index (χ4v) is 3.15. The second-order valence-corrected chi connectivity index (χ2v) is 6.71. The summed E-state index contributed by atoms with van der Waals surface area (Å²) in [5.41, 5.74) is 1.27. The van der Waals surface area contributed by atoms with Crippen molar-refractivity contribution in [1.29, 1.82) is 0 Å². The van der Waals surface area contributed by atoms with Crippen LogP contribution < -0.4 is 15.0 Å². The minimum Gasteiger partial charge on any atom is -0.508 e. The van der Waals surface area contributed by atoms with E-state index in [1.807, 2.05) is 17.0 Å². The van der Waals surface area contributed by atoms with Crippen molar-refractivity contribution in [3.63, 3.8) is 0 Å². The lowest BCUT2D eigenvalue weighted by molar-refractivity contribution is -0.274. The first-order valence-corrected chi connectivity index (χ1v) is 9.17. The predicted molar refractivity (Wildman–Crippen MR) is 102 cm³/mol. The van der Waals surface area contributed by atoms with E-state index in [2.05, 4.69) is 15.0 Å². The highest BCUT2D eigenvalue weighted by atomic mass is 19.4. The van der Waals surface area contributed by atoms with Gasteiger partial charge in [-0.3, -0.25) is 9.69 Å². The summed E-state index contributed by atoms with van der Waals surface area (Å²) in [7, 11) is 0. The Hall–Kier alpha value is -2.94. The fourth-order valence-electron chi connectivity index (χ4n) is 3.15. The van der Waals surface area contributed by atoms with Gasteiger partial charge < -0.3 is 20.1 Å². The third-order valence-electron chi connectivity index (χ3n) is 4.63. The number of ether oxygens (including phenoxy) is 1. The Balaban J connectivity index is 1.46. The third-order valence-corrected chi connectivity index (χ3v) is 4.63. The molecule has 1 heterocycles. The average molecular weight is 409 g/mol.